The Morgan fingerprint density at radius 1 is 1.30 bits per heavy atom. The molecule has 1 amide bonds. The Bertz CT molecular complexity index is 1340. The number of benzene rings is 1. The molecule has 2 heterocycles. The fourth-order valence-corrected chi connectivity index (χ4v) is 4.60. The first-order valence-electron chi connectivity index (χ1n) is 12.6. The summed E-state index contributed by atoms with van der Waals surface area (Å²) in [7, 11) is 4.79. The highest BCUT2D eigenvalue weighted by molar-refractivity contribution is 6.01. The van der Waals surface area contributed by atoms with Crippen molar-refractivity contribution >= 4 is 23.2 Å². The van der Waals surface area contributed by atoms with E-state index < -0.39 is 5.82 Å². The molecule has 0 saturated carbocycles. The highest BCUT2D eigenvalue weighted by Gasteiger charge is 2.25. The predicted octanol–water partition coefficient (Wildman–Crippen LogP) is 5.77. The highest BCUT2D eigenvalue weighted by atomic mass is 19.1. The number of nitrogens with zero attached hydrogens (tertiary/aromatic N) is 3. The fourth-order valence-electron chi connectivity index (χ4n) is 4.60. The molecule has 0 bridgehead atoms. The van der Waals surface area contributed by atoms with Gasteiger partial charge in [-0.05, 0) is 49.0 Å². The molecule has 0 saturated heterocycles. The van der Waals surface area contributed by atoms with E-state index in [1.807, 2.05) is 19.2 Å². The van der Waals surface area contributed by atoms with E-state index in [2.05, 4.69) is 34.5 Å². The lowest BCUT2D eigenvalue weighted by molar-refractivity contribution is -0.111. The Kier molecular flexibility index (Phi) is 8.11. The zero-order valence-corrected chi connectivity index (χ0v) is 22.0. The van der Waals surface area contributed by atoms with E-state index in [9.17, 15) is 4.79 Å². The zero-order valence-electron chi connectivity index (χ0n) is 22.0. The van der Waals surface area contributed by atoms with Crippen molar-refractivity contribution in [2.45, 2.75) is 46.0 Å². The van der Waals surface area contributed by atoms with Gasteiger partial charge in [0.05, 0.1) is 31.8 Å². The second-order valence-corrected chi connectivity index (χ2v) is 9.32. The first kappa shape index (κ1) is 26.2. The number of unbranched alkanes of at least 4 members (excludes halogenated alkanes) is 1. The van der Waals surface area contributed by atoms with E-state index in [0.29, 0.717) is 47.1 Å². The number of H-pyrrole nitrogens is 1. The number of rotatable bonds is 10. The van der Waals surface area contributed by atoms with Crippen LogP contribution in [0.1, 0.15) is 56.4 Å². The minimum Gasteiger partial charge on any atom is -0.497 e. The van der Waals surface area contributed by atoms with Gasteiger partial charge in [-0.2, -0.15) is 10.2 Å². The Morgan fingerprint density at radius 2 is 2.11 bits per heavy atom. The van der Waals surface area contributed by atoms with Gasteiger partial charge in [0.15, 0.2) is 11.6 Å². The number of carbonyl (C=O) groups excluding carboxylic acids is 1. The molecule has 9 heteroatoms. The van der Waals surface area contributed by atoms with E-state index in [-0.39, 0.29) is 11.7 Å². The number of halogens is 1. The van der Waals surface area contributed by atoms with Crippen LogP contribution in [0.2, 0.25) is 0 Å². The molecule has 1 unspecified atom stereocenters. The van der Waals surface area contributed by atoms with Gasteiger partial charge in [-0.1, -0.05) is 32.8 Å². The second kappa shape index (κ2) is 11.5. The summed E-state index contributed by atoms with van der Waals surface area (Å²) in [5.41, 5.74) is 5.05. The summed E-state index contributed by atoms with van der Waals surface area (Å²) < 4.78 is 27.3. The number of hydrogen-bond donors (Lipinski definition) is 2. The standard InChI is InChI=1S/C28H34FN5O3/c1-6-7-8-17(2)9-12-25(35)31-23-16-30-34(3)28(23)27-20-11-10-18(13-22(20)32-33-27)21-14-19(36-4)15-24(37-5)26(21)29/h9,12-17H,6-8,10-11H2,1-5H3,(H,31,35)(H,32,33)/b12-9+. The monoisotopic (exact) mass is 507 g/mol. The van der Waals surface area contributed by atoms with E-state index in [0.717, 1.165) is 36.1 Å². The lowest BCUT2D eigenvalue weighted by Gasteiger charge is -2.17. The number of aromatic nitrogens is 4. The van der Waals surface area contributed by atoms with Crippen LogP contribution in [0.3, 0.4) is 0 Å². The number of fused-ring (bicyclic) bond motifs is 1. The number of nitrogens with one attached hydrogen (secondary N) is 2. The largest absolute Gasteiger partial charge is 0.497 e. The van der Waals surface area contributed by atoms with Crippen LogP contribution in [0.4, 0.5) is 10.1 Å². The molecule has 1 aliphatic rings. The summed E-state index contributed by atoms with van der Waals surface area (Å²) in [6.07, 6.45) is 11.6. The van der Waals surface area contributed by atoms with Gasteiger partial charge in [0.2, 0.25) is 5.91 Å². The molecule has 8 nitrogen and oxygen atoms in total. The summed E-state index contributed by atoms with van der Waals surface area (Å²) in [6, 6.07) is 3.21. The van der Waals surface area contributed by atoms with Crippen LogP contribution in [0.15, 0.2) is 30.5 Å². The normalized spacial score (nSPS) is 13.8. The van der Waals surface area contributed by atoms with E-state index in [4.69, 9.17) is 9.47 Å². The minimum absolute atomic E-state index is 0.135. The predicted molar refractivity (Wildman–Crippen MR) is 143 cm³/mol. The third-order valence-corrected chi connectivity index (χ3v) is 6.69. The van der Waals surface area contributed by atoms with Crippen molar-refractivity contribution in [3.63, 3.8) is 0 Å². The van der Waals surface area contributed by atoms with Crippen molar-refractivity contribution in [2.24, 2.45) is 13.0 Å². The minimum atomic E-state index is -0.425. The van der Waals surface area contributed by atoms with Crippen LogP contribution in [-0.2, 0) is 18.3 Å². The van der Waals surface area contributed by atoms with E-state index in [1.54, 1.807) is 23.0 Å². The van der Waals surface area contributed by atoms with E-state index in [1.165, 1.54) is 20.3 Å². The highest BCUT2D eigenvalue weighted by Crippen LogP contribution is 2.39. The SMILES string of the molecule is CCCCC(C)/C=C/C(=O)Nc1cnn(C)c1-c1n[nH]c2c1CCC(c1cc(OC)cc(OC)c1F)=C2. The zero-order chi connectivity index (χ0) is 26.5. The van der Waals surface area contributed by atoms with Gasteiger partial charge >= 0.3 is 0 Å². The average Bonchev–Trinajstić information content (AvgIpc) is 3.48. The van der Waals surface area contributed by atoms with Crippen LogP contribution in [0.25, 0.3) is 23.0 Å². The molecule has 37 heavy (non-hydrogen) atoms. The lowest BCUT2D eigenvalue weighted by Crippen LogP contribution is -2.10. The number of anilines is 1. The smallest absolute Gasteiger partial charge is 0.248 e. The number of ether oxygens (including phenoxy) is 2. The molecular formula is C28H34FN5O3. The third-order valence-electron chi connectivity index (χ3n) is 6.69. The van der Waals surface area contributed by atoms with Crippen molar-refractivity contribution in [1.82, 2.24) is 20.0 Å². The van der Waals surface area contributed by atoms with Gasteiger partial charge in [0.25, 0.3) is 0 Å². The van der Waals surface area contributed by atoms with Crippen molar-refractivity contribution in [1.29, 1.82) is 0 Å². The summed E-state index contributed by atoms with van der Waals surface area (Å²) >= 11 is 0. The van der Waals surface area contributed by atoms with Crippen molar-refractivity contribution in [3.8, 4) is 22.9 Å². The van der Waals surface area contributed by atoms with Crippen LogP contribution < -0.4 is 14.8 Å². The van der Waals surface area contributed by atoms with Crippen molar-refractivity contribution in [2.75, 3.05) is 19.5 Å². The quantitative estimate of drug-likeness (QED) is 0.340. The van der Waals surface area contributed by atoms with Crippen LogP contribution in [0.5, 0.6) is 11.5 Å². The third kappa shape index (κ3) is 5.60. The summed E-state index contributed by atoms with van der Waals surface area (Å²) in [5, 5.41) is 14.9. The van der Waals surface area contributed by atoms with Gasteiger partial charge in [-0.3, -0.25) is 14.6 Å². The molecule has 3 aromatic rings. The number of methoxy groups -OCH3 is 2. The van der Waals surface area contributed by atoms with Gasteiger partial charge in [-0.15, -0.1) is 0 Å². The Labute approximate surface area is 216 Å². The maximum Gasteiger partial charge on any atom is 0.248 e. The van der Waals surface area contributed by atoms with Crippen LogP contribution >= 0.6 is 0 Å². The number of allylic oxidation sites excluding steroid dienone is 2. The molecule has 0 fully saturated rings. The molecule has 2 aromatic heterocycles. The Morgan fingerprint density at radius 3 is 2.84 bits per heavy atom. The van der Waals surface area contributed by atoms with Gasteiger partial charge < -0.3 is 14.8 Å². The first-order valence-corrected chi connectivity index (χ1v) is 12.6. The molecule has 1 aliphatic carbocycles. The van der Waals surface area contributed by atoms with Crippen LogP contribution in [-0.4, -0.2) is 40.1 Å². The van der Waals surface area contributed by atoms with E-state index >= 15 is 4.39 Å². The topological polar surface area (TPSA) is 94.1 Å². The second-order valence-electron chi connectivity index (χ2n) is 9.32. The first-order chi connectivity index (χ1) is 17.9. The Balaban J connectivity index is 1.60. The number of amides is 1. The lowest BCUT2D eigenvalue weighted by atomic mass is 9.90. The molecule has 1 atom stereocenters. The molecule has 2 N–H and O–H groups in total. The molecule has 4 rings (SSSR count). The van der Waals surface area contributed by atoms with Gasteiger partial charge in [-0.25, -0.2) is 4.39 Å². The molecule has 1 aromatic carbocycles. The van der Waals surface area contributed by atoms with Gasteiger partial charge in [0.1, 0.15) is 17.1 Å². The summed E-state index contributed by atoms with van der Waals surface area (Å²) in [4.78, 5) is 12.6. The molecule has 0 aliphatic heterocycles. The molecule has 0 spiro atoms. The number of carbonyl (C=O) groups is 1. The number of hydrogen-bond acceptors (Lipinski definition) is 5. The Hall–Kier alpha value is -3.88. The number of aromatic amines is 1. The fraction of sp³-hybridized carbons (Fsp3) is 0.393. The maximum absolute atomic E-state index is 15.1. The summed E-state index contributed by atoms with van der Waals surface area (Å²) in [5.74, 6) is 0.371. The van der Waals surface area contributed by atoms with Gasteiger partial charge in [0, 0.05) is 24.2 Å². The van der Waals surface area contributed by atoms with Crippen molar-refractivity contribution in [3.05, 3.63) is 53.1 Å². The maximum atomic E-state index is 15.1. The molecular weight excluding hydrogens is 473 g/mol. The van der Waals surface area contributed by atoms with Crippen molar-refractivity contribution < 1.29 is 18.7 Å². The molecule has 196 valence electrons. The molecule has 0 radical (unpaired) electrons. The number of aryl methyl sites for hydroxylation is 1. The summed E-state index contributed by atoms with van der Waals surface area (Å²) in [6.45, 7) is 4.27. The van der Waals surface area contributed by atoms with Crippen LogP contribution in [0, 0.1) is 11.7 Å². The average molecular weight is 508 g/mol.